The van der Waals surface area contributed by atoms with Crippen LogP contribution in [0.1, 0.15) is 5.56 Å². The van der Waals surface area contributed by atoms with Gasteiger partial charge in [0.25, 0.3) is 0 Å². The Morgan fingerprint density at radius 1 is 1.32 bits per heavy atom. The van der Waals surface area contributed by atoms with Crippen LogP contribution in [0.15, 0.2) is 51.8 Å². The predicted molar refractivity (Wildman–Crippen MR) is 106 cm³/mol. The monoisotopic (exact) mass is 400 g/mol. The van der Waals surface area contributed by atoms with Crippen molar-refractivity contribution in [3.63, 3.8) is 0 Å². The quantitative estimate of drug-likeness (QED) is 0.395. The molecular formula is C19H17FN4O3S. The lowest BCUT2D eigenvalue weighted by molar-refractivity contribution is 0.431. The number of nitrogens with two attached hydrogens (primary N) is 1. The Kier molecular flexibility index (Phi) is 4.84. The van der Waals surface area contributed by atoms with Gasteiger partial charge in [-0.15, -0.1) is 0 Å². The van der Waals surface area contributed by atoms with Gasteiger partial charge in [0.1, 0.15) is 0 Å². The van der Waals surface area contributed by atoms with E-state index in [1.54, 1.807) is 24.4 Å². The first-order valence-corrected chi connectivity index (χ1v) is 9.35. The summed E-state index contributed by atoms with van der Waals surface area (Å²) in [6.45, 7) is 0.459. The van der Waals surface area contributed by atoms with E-state index in [2.05, 4.69) is 15.3 Å². The second-order valence-electron chi connectivity index (χ2n) is 6.39. The van der Waals surface area contributed by atoms with E-state index in [1.165, 1.54) is 23.5 Å². The zero-order valence-electron chi connectivity index (χ0n) is 14.6. The van der Waals surface area contributed by atoms with E-state index in [1.807, 2.05) is 6.07 Å². The van der Waals surface area contributed by atoms with Crippen molar-refractivity contribution in [3.8, 4) is 16.2 Å². The molecule has 0 saturated heterocycles. The zero-order valence-corrected chi connectivity index (χ0v) is 15.4. The van der Waals surface area contributed by atoms with Gasteiger partial charge in [0, 0.05) is 18.8 Å². The predicted octanol–water partition coefficient (Wildman–Crippen LogP) is 3.07. The van der Waals surface area contributed by atoms with Crippen LogP contribution in [0.3, 0.4) is 0 Å². The number of aromatic amines is 1. The average molecular weight is 400 g/mol. The smallest absolute Gasteiger partial charge is 0.417 e. The van der Waals surface area contributed by atoms with E-state index in [9.17, 15) is 14.3 Å². The molecule has 0 fully saturated rings. The van der Waals surface area contributed by atoms with E-state index in [0.29, 0.717) is 34.8 Å². The molecule has 144 valence electrons. The topological polar surface area (TPSA) is 117 Å². The van der Waals surface area contributed by atoms with Crippen LogP contribution in [0.25, 0.3) is 21.5 Å². The molecule has 7 nitrogen and oxygen atoms in total. The van der Waals surface area contributed by atoms with Gasteiger partial charge in [-0.1, -0.05) is 23.5 Å². The number of H-pyrrole nitrogens is 1. The van der Waals surface area contributed by atoms with Crippen molar-refractivity contribution in [1.29, 1.82) is 0 Å². The second kappa shape index (κ2) is 7.45. The van der Waals surface area contributed by atoms with E-state index in [0.717, 1.165) is 10.4 Å². The maximum Gasteiger partial charge on any atom is 0.417 e. The summed E-state index contributed by atoms with van der Waals surface area (Å²) in [6, 6.07) is 9.46. The lowest BCUT2D eigenvalue weighted by atomic mass is 10.1. The number of aromatic hydroxyl groups is 1. The molecule has 0 aliphatic heterocycles. The van der Waals surface area contributed by atoms with Gasteiger partial charge in [0.15, 0.2) is 22.3 Å². The Bertz CT molecular complexity index is 1180. The number of fused-ring (bicyclic) bond motifs is 1. The maximum absolute atomic E-state index is 13.4. The number of benzene rings is 2. The summed E-state index contributed by atoms with van der Waals surface area (Å²) in [5.41, 5.74) is 8.86. The highest BCUT2D eigenvalue weighted by atomic mass is 32.1. The number of phenolic OH excluding ortho intramolecular Hbond substituents is 1. The molecule has 4 aromatic rings. The van der Waals surface area contributed by atoms with Gasteiger partial charge >= 0.3 is 5.76 Å². The molecule has 2 heterocycles. The number of nitrogens with zero attached hydrogens (tertiary/aromatic N) is 1. The molecule has 2 aromatic carbocycles. The van der Waals surface area contributed by atoms with Crippen LogP contribution in [-0.2, 0) is 6.42 Å². The van der Waals surface area contributed by atoms with E-state index in [4.69, 9.17) is 10.2 Å². The van der Waals surface area contributed by atoms with Crippen LogP contribution in [0, 0.1) is 5.82 Å². The highest BCUT2D eigenvalue weighted by molar-refractivity contribution is 7.18. The summed E-state index contributed by atoms with van der Waals surface area (Å²) >= 11 is 1.45. The summed E-state index contributed by atoms with van der Waals surface area (Å²) in [5.74, 6) is -1.51. The molecule has 1 unspecified atom stereocenters. The van der Waals surface area contributed by atoms with Crippen LogP contribution >= 0.6 is 11.3 Å². The van der Waals surface area contributed by atoms with E-state index < -0.39 is 11.6 Å². The second-order valence-corrected chi connectivity index (χ2v) is 7.42. The number of thiazole rings is 1. The number of anilines is 1. The van der Waals surface area contributed by atoms with Crippen LogP contribution in [0.4, 0.5) is 9.52 Å². The Labute approximate surface area is 162 Å². The van der Waals surface area contributed by atoms with Crippen molar-refractivity contribution in [1.82, 2.24) is 9.97 Å². The average Bonchev–Trinajstić information content (AvgIpc) is 3.28. The fourth-order valence-corrected chi connectivity index (χ4v) is 3.68. The molecule has 2 aromatic heterocycles. The molecule has 4 rings (SSSR count). The first kappa shape index (κ1) is 18.2. The number of aromatic nitrogens is 2. The van der Waals surface area contributed by atoms with Gasteiger partial charge in [-0.05, 0) is 41.8 Å². The minimum Gasteiger partial charge on any atom is -0.505 e. The molecule has 5 N–H and O–H groups in total. The molecule has 0 spiro atoms. The van der Waals surface area contributed by atoms with E-state index in [-0.39, 0.29) is 11.8 Å². The normalized spacial score (nSPS) is 12.4. The minimum absolute atomic E-state index is 0.248. The van der Waals surface area contributed by atoms with Crippen molar-refractivity contribution in [3.05, 3.63) is 64.5 Å². The highest BCUT2D eigenvalue weighted by Crippen LogP contribution is 2.30. The van der Waals surface area contributed by atoms with Crippen molar-refractivity contribution >= 4 is 27.6 Å². The molecular weight excluding hydrogens is 383 g/mol. The number of oxazole rings is 1. The lowest BCUT2D eigenvalue weighted by Crippen LogP contribution is -2.31. The molecule has 28 heavy (non-hydrogen) atoms. The Balaban J connectivity index is 1.39. The van der Waals surface area contributed by atoms with Crippen LogP contribution in [0.5, 0.6) is 5.75 Å². The molecule has 0 amide bonds. The van der Waals surface area contributed by atoms with Gasteiger partial charge in [-0.25, -0.2) is 14.2 Å². The molecule has 0 saturated carbocycles. The SMILES string of the molecule is NC(CNc1ncc(-c2ccc3[nH]c(=O)oc3c2)s1)Cc1ccc(O)c(F)c1. The zero-order chi connectivity index (χ0) is 19.7. The van der Waals surface area contributed by atoms with Crippen molar-refractivity contribution in [2.75, 3.05) is 11.9 Å². The summed E-state index contributed by atoms with van der Waals surface area (Å²) in [5, 5.41) is 13.1. The molecule has 9 heteroatoms. The summed E-state index contributed by atoms with van der Waals surface area (Å²) in [6.07, 6.45) is 2.20. The molecule has 1 atom stereocenters. The van der Waals surface area contributed by atoms with Gasteiger partial charge in [0.05, 0.1) is 10.4 Å². The number of hydrogen-bond acceptors (Lipinski definition) is 7. The van der Waals surface area contributed by atoms with Gasteiger partial charge in [0.2, 0.25) is 0 Å². The maximum atomic E-state index is 13.4. The molecule has 0 aliphatic rings. The summed E-state index contributed by atoms with van der Waals surface area (Å²) in [7, 11) is 0. The molecule has 0 bridgehead atoms. The summed E-state index contributed by atoms with van der Waals surface area (Å²) < 4.78 is 18.5. The third-order valence-electron chi connectivity index (χ3n) is 4.24. The third kappa shape index (κ3) is 3.90. The van der Waals surface area contributed by atoms with Crippen molar-refractivity contribution < 1.29 is 13.9 Å². The number of hydrogen-bond donors (Lipinski definition) is 4. The first-order valence-electron chi connectivity index (χ1n) is 8.54. The number of phenols is 1. The lowest BCUT2D eigenvalue weighted by Gasteiger charge is -2.12. The van der Waals surface area contributed by atoms with Gasteiger partial charge in [-0.3, -0.25) is 4.98 Å². The highest BCUT2D eigenvalue weighted by Gasteiger charge is 2.10. The summed E-state index contributed by atoms with van der Waals surface area (Å²) in [4.78, 5) is 19.1. The van der Waals surface area contributed by atoms with Gasteiger partial charge < -0.3 is 20.6 Å². The van der Waals surface area contributed by atoms with Crippen LogP contribution in [0.2, 0.25) is 0 Å². The van der Waals surface area contributed by atoms with Crippen LogP contribution in [-0.4, -0.2) is 27.7 Å². The largest absolute Gasteiger partial charge is 0.505 e. The third-order valence-corrected chi connectivity index (χ3v) is 5.24. The number of rotatable bonds is 6. The standard InChI is InChI=1S/C19H17FN4O3S/c20-13-6-10(1-4-15(13)25)5-12(21)8-22-18-23-9-17(28-18)11-2-3-14-16(7-11)27-19(26)24-14/h1-4,6-7,9,12,25H,5,8,21H2,(H,22,23)(H,24,26). The molecule has 0 aliphatic carbocycles. The fourth-order valence-electron chi connectivity index (χ4n) is 2.86. The molecule has 0 radical (unpaired) electrons. The van der Waals surface area contributed by atoms with Crippen molar-refractivity contribution in [2.45, 2.75) is 12.5 Å². The van der Waals surface area contributed by atoms with Crippen LogP contribution < -0.4 is 16.8 Å². The Hall–Kier alpha value is -3.17. The van der Waals surface area contributed by atoms with E-state index >= 15 is 0 Å². The Morgan fingerprint density at radius 3 is 3.00 bits per heavy atom. The fraction of sp³-hybridized carbons (Fsp3) is 0.158. The number of halogens is 1. The minimum atomic E-state index is -0.655. The number of nitrogens with one attached hydrogen (secondary N) is 2. The van der Waals surface area contributed by atoms with Crippen molar-refractivity contribution in [2.24, 2.45) is 5.73 Å². The van der Waals surface area contributed by atoms with Gasteiger partial charge in [-0.2, -0.15) is 0 Å². The first-order chi connectivity index (χ1) is 13.5. The Morgan fingerprint density at radius 2 is 2.18 bits per heavy atom.